The molecular weight excluding hydrogens is 360 g/mol. The molecule has 1 atom stereocenters. The Morgan fingerprint density at radius 1 is 1.14 bits per heavy atom. The molecular formula is C21H20N2O5. The van der Waals surface area contributed by atoms with Gasteiger partial charge in [-0.2, -0.15) is 0 Å². The number of methoxy groups -OCH3 is 2. The van der Waals surface area contributed by atoms with Gasteiger partial charge in [-0.15, -0.1) is 0 Å². The standard InChI is InChI=1S/C21H20N2O5/c1-13-5-4-10-22-18(13)19(24)17(21(25)27-3)11-15-12-28-20(23-15)14-6-8-16(26-2)9-7-14/h4-10,12,17H,11H2,1-3H3. The topological polar surface area (TPSA) is 91.5 Å². The number of hydrogen-bond donors (Lipinski definition) is 0. The number of ether oxygens (including phenoxy) is 2. The number of aryl methyl sites for hydroxylation is 1. The zero-order valence-corrected chi connectivity index (χ0v) is 15.8. The molecule has 7 nitrogen and oxygen atoms in total. The Balaban J connectivity index is 1.84. The van der Waals surface area contributed by atoms with E-state index < -0.39 is 17.7 Å². The number of Topliss-reactive ketones (excluding diaryl/α,β-unsaturated/α-hetero) is 1. The van der Waals surface area contributed by atoms with Crippen LogP contribution in [0.15, 0.2) is 53.3 Å². The molecule has 7 heteroatoms. The molecule has 0 bridgehead atoms. The summed E-state index contributed by atoms with van der Waals surface area (Å²) in [4.78, 5) is 33.6. The van der Waals surface area contributed by atoms with Crippen molar-refractivity contribution in [3.63, 3.8) is 0 Å². The number of pyridine rings is 1. The van der Waals surface area contributed by atoms with Crippen LogP contribution in [0, 0.1) is 12.8 Å². The first-order valence-electron chi connectivity index (χ1n) is 8.66. The number of esters is 1. The molecule has 0 N–H and O–H groups in total. The molecule has 0 fully saturated rings. The maximum absolute atomic E-state index is 12.9. The number of hydrogen-bond acceptors (Lipinski definition) is 7. The summed E-state index contributed by atoms with van der Waals surface area (Å²) in [7, 11) is 2.84. The molecule has 3 aromatic rings. The third-order valence-electron chi connectivity index (χ3n) is 4.35. The van der Waals surface area contributed by atoms with Crippen LogP contribution < -0.4 is 4.74 Å². The minimum atomic E-state index is -1.05. The first-order chi connectivity index (χ1) is 13.5. The van der Waals surface area contributed by atoms with Gasteiger partial charge in [0.2, 0.25) is 5.89 Å². The SMILES string of the molecule is COC(=O)C(Cc1coc(-c2ccc(OC)cc2)n1)C(=O)c1ncccc1C. The highest BCUT2D eigenvalue weighted by molar-refractivity contribution is 6.08. The van der Waals surface area contributed by atoms with Crippen LogP contribution in [0.5, 0.6) is 5.75 Å². The summed E-state index contributed by atoms with van der Waals surface area (Å²) in [6.07, 6.45) is 3.02. The van der Waals surface area contributed by atoms with Crippen LogP contribution in [-0.2, 0) is 16.0 Å². The minimum absolute atomic E-state index is 0.0567. The van der Waals surface area contributed by atoms with E-state index in [9.17, 15) is 9.59 Å². The molecule has 0 spiro atoms. The fourth-order valence-electron chi connectivity index (χ4n) is 2.81. The summed E-state index contributed by atoms with van der Waals surface area (Å²) in [5, 5.41) is 0. The van der Waals surface area contributed by atoms with Crippen molar-refractivity contribution in [2.75, 3.05) is 14.2 Å². The van der Waals surface area contributed by atoms with Gasteiger partial charge in [0.05, 0.1) is 19.9 Å². The Hall–Kier alpha value is -3.48. The number of carbonyl (C=O) groups is 2. The lowest BCUT2D eigenvalue weighted by Gasteiger charge is -2.13. The number of aromatic nitrogens is 2. The lowest BCUT2D eigenvalue weighted by Crippen LogP contribution is -2.29. The van der Waals surface area contributed by atoms with Gasteiger partial charge in [0.1, 0.15) is 23.6 Å². The smallest absolute Gasteiger partial charge is 0.317 e. The van der Waals surface area contributed by atoms with Crippen molar-refractivity contribution in [2.24, 2.45) is 5.92 Å². The maximum atomic E-state index is 12.9. The van der Waals surface area contributed by atoms with Crippen LogP contribution in [0.4, 0.5) is 0 Å². The van der Waals surface area contributed by atoms with Gasteiger partial charge in [-0.1, -0.05) is 6.07 Å². The summed E-state index contributed by atoms with van der Waals surface area (Å²) < 4.78 is 15.5. The second-order valence-electron chi connectivity index (χ2n) is 6.19. The highest BCUT2D eigenvalue weighted by Crippen LogP contribution is 2.24. The normalized spacial score (nSPS) is 11.7. The Labute approximate surface area is 162 Å². The van der Waals surface area contributed by atoms with E-state index in [1.54, 1.807) is 38.3 Å². The van der Waals surface area contributed by atoms with E-state index in [0.717, 1.165) is 11.3 Å². The first kappa shape index (κ1) is 19.3. The predicted octanol–water partition coefficient (Wildman–Crippen LogP) is 3.27. The number of nitrogens with zero attached hydrogens (tertiary/aromatic N) is 2. The van der Waals surface area contributed by atoms with E-state index >= 15 is 0 Å². The third kappa shape index (κ3) is 4.09. The van der Waals surface area contributed by atoms with E-state index in [1.165, 1.54) is 19.6 Å². The molecule has 144 valence electrons. The largest absolute Gasteiger partial charge is 0.497 e. The van der Waals surface area contributed by atoms with Crippen molar-refractivity contribution in [3.8, 4) is 17.2 Å². The van der Waals surface area contributed by atoms with Gasteiger partial charge in [0.25, 0.3) is 0 Å². The second kappa shape index (κ2) is 8.47. The van der Waals surface area contributed by atoms with Crippen LogP contribution in [0.1, 0.15) is 21.7 Å². The molecule has 1 aromatic carbocycles. The van der Waals surface area contributed by atoms with E-state index in [-0.39, 0.29) is 12.1 Å². The quantitative estimate of drug-likeness (QED) is 0.353. The fourth-order valence-corrected chi connectivity index (χ4v) is 2.81. The number of benzene rings is 1. The Kier molecular flexibility index (Phi) is 5.84. The lowest BCUT2D eigenvalue weighted by atomic mass is 9.94. The molecule has 0 amide bonds. The average Bonchev–Trinajstić information content (AvgIpc) is 3.20. The summed E-state index contributed by atoms with van der Waals surface area (Å²) in [5.41, 5.74) is 2.17. The zero-order chi connectivity index (χ0) is 20.1. The molecule has 0 aliphatic carbocycles. The van der Waals surface area contributed by atoms with Crippen molar-refractivity contribution < 1.29 is 23.5 Å². The van der Waals surface area contributed by atoms with Gasteiger partial charge < -0.3 is 13.9 Å². The van der Waals surface area contributed by atoms with Gasteiger partial charge in [0, 0.05) is 18.2 Å². The summed E-state index contributed by atoms with van der Waals surface area (Å²) in [6.45, 7) is 1.77. The number of ketones is 1. The highest BCUT2D eigenvalue weighted by Gasteiger charge is 2.31. The van der Waals surface area contributed by atoms with Gasteiger partial charge in [-0.05, 0) is 42.8 Å². The van der Waals surface area contributed by atoms with Crippen molar-refractivity contribution >= 4 is 11.8 Å². The second-order valence-corrected chi connectivity index (χ2v) is 6.19. The number of oxazole rings is 1. The van der Waals surface area contributed by atoms with E-state index in [1.807, 2.05) is 12.1 Å². The Morgan fingerprint density at radius 3 is 2.54 bits per heavy atom. The van der Waals surface area contributed by atoms with Crippen LogP contribution >= 0.6 is 0 Å². The predicted molar refractivity (Wildman–Crippen MR) is 101 cm³/mol. The minimum Gasteiger partial charge on any atom is -0.497 e. The number of carbonyl (C=O) groups excluding carboxylic acids is 2. The third-order valence-corrected chi connectivity index (χ3v) is 4.35. The summed E-state index contributed by atoms with van der Waals surface area (Å²) >= 11 is 0. The van der Waals surface area contributed by atoms with Crippen LogP contribution in [0.25, 0.3) is 11.5 Å². The van der Waals surface area contributed by atoms with E-state index in [4.69, 9.17) is 13.9 Å². The lowest BCUT2D eigenvalue weighted by molar-refractivity contribution is -0.143. The van der Waals surface area contributed by atoms with Gasteiger partial charge in [-0.3, -0.25) is 14.6 Å². The van der Waals surface area contributed by atoms with Crippen molar-refractivity contribution in [2.45, 2.75) is 13.3 Å². The molecule has 0 radical (unpaired) electrons. The Bertz CT molecular complexity index is 978. The maximum Gasteiger partial charge on any atom is 0.317 e. The average molecular weight is 380 g/mol. The van der Waals surface area contributed by atoms with Crippen LogP contribution in [0.3, 0.4) is 0 Å². The van der Waals surface area contributed by atoms with Crippen molar-refractivity contribution in [1.82, 2.24) is 9.97 Å². The monoisotopic (exact) mass is 380 g/mol. The van der Waals surface area contributed by atoms with Crippen molar-refractivity contribution in [3.05, 3.63) is 65.8 Å². The van der Waals surface area contributed by atoms with Crippen LogP contribution in [-0.4, -0.2) is 35.9 Å². The van der Waals surface area contributed by atoms with Gasteiger partial charge in [-0.25, -0.2) is 4.98 Å². The molecule has 1 unspecified atom stereocenters. The molecule has 3 rings (SSSR count). The zero-order valence-electron chi connectivity index (χ0n) is 15.8. The Morgan fingerprint density at radius 2 is 1.89 bits per heavy atom. The molecule has 28 heavy (non-hydrogen) atoms. The molecule has 0 saturated heterocycles. The number of rotatable bonds is 7. The van der Waals surface area contributed by atoms with E-state index in [0.29, 0.717) is 17.1 Å². The molecule has 0 saturated carbocycles. The van der Waals surface area contributed by atoms with Crippen LogP contribution in [0.2, 0.25) is 0 Å². The molecule has 0 aliphatic heterocycles. The van der Waals surface area contributed by atoms with Gasteiger partial charge in [0.15, 0.2) is 5.78 Å². The molecule has 0 aliphatic rings. The summed E-state index contributed by atoms with van der Waals surface area (Å²) in [6, 6.07) is 10.7. The molecule has 2 heterocycles. The van der Waals surface area contributed by atoms with Gasteiger partial charge >= 0.3 is 5.97 Å². The first-order valence-corrected chi connectivity index (χ1v) is 8.66. The summed E-state index contributed by atoms with van der Waals surface area (Å²) in [5.74, 6) is -0.976. The van der Waals surface area contributed by atoms with E-state index in [2.05, 4.69) is 9.97 Å². The fraction of sp³-hybridized carbons (Fsp3) is 0.238. The molecule has 2 aromatic heterocycles. The highest BCUT2D eigenvalue weighted by atomic mass is 16.5. The van der Waals surface area contributed by atoms with Crippen molar-refractivity contribution in [1.29, 1.82) is 0 Å².